The van der Waals surface area contributed by atoms with Crippen LogP contribution in [0.4, 0.5) is 11.4 Å². The van der Waals surface area contributed by atoms with Crippen LogP contribution >= 0.6 is 0 Å². The topological polar surface area (TPSA) is 140 Å². The lowest BCUT2D eigenvalue weighted by atomic mass is 9.80. The molecule has 4 aliphatic heterocycles. The number of rotatable bonds is 12. The molecule has 0 aromatic heterocycles. The fraction of sp³-hybridized carbons (Fsp3) is 0.429. The van der Waals surface area contributed by atoms with Crippen LogP contribution in [0.1, 0.15) is 80.0 Å². The van der Waals surface area contributed by atoms with Crippen molar-refractivity contribution in [3.05, 3.63) is 58.7 Å². The van der Waals surface area contributed by atoms with Gasteiger partial charge in [0.2, 0.25) is 0 Å². The molecule has 0 unspecified atom stereocenters. The molecule has 2 N–H and O–H groups in total. The molecule has 2 saturated heterocycles. The summed E-state index contributed by atoms with van der Waals surface area (Å²) in [5, 5.41) is 25.0. The minimum Gasteiger partial charge on any atom is -0.394 e. The molecular formula is C42H44N4O8. The van der Waals surface area contributed by atoms with Crippen LogP contribution in [-0.4, -0.2) is 123 Å². The minimum atomic E-state index is -0.383. The highest BCUT2D eigenvalue weighted by molar-refractivity contribution is 6.44. The number of piperidine rings is 2. The molecule has 12 nitrogen and oxygen atoms in total. The molecule has 0 aliphatic carbocycles. The number of aliphatic hydroxyl groups is 2. The van der Waals surface area contributed by atoms with E-state index in [1.165, 1.54) is 9.80 Å². The van der Waals surface area contributed by atoms with Gasteiger partial charge in [-0.1, -0.05) is 12.1 Å². The van der Waals surface area contributed by atoms with E-state index in [9.17, 15) is 24.3 Å². The minimum absolute atomic E-state index is 0.0700. The summed E-state index contributed by atoms with van der Waals surface area (Å²) in [6.45, 7) is 3.59. The summed E-state index contributed by atoms with van der Waals surface area (Å²) in [5.74, 6) is -1.49. The molecule has 9 rings (SSSR count). The van der Waals surface area contributed by atoms with E-state index in [1.54, 1.807) is 0 Å². The highest BCUT2D eigenvalue weighted by atomic mass is 16.5. The zero-order chi connectivity index (χ0) is 37.1. The summed E-state index contributed by atoms with van der Waals surface area (Å²) >= 11 is 0. The molecule has 4 heterocycles. The lowest BCUT2D eigenvalue weighted by molar-refractivity contribution is 0.0467. The molecule has 5 aromatic rings. The van der Waals surface area contributed by atoms with Crippen LogP contribution in [0.5, 0.6) is 0 Å². The summed E-state index contributed by atoms with van der Waals surface area (Å²) in [6, 6.07) is 11.5. The number of imide groups is 2. The molecule has 0 radical (unpaired) electrons. The molecule has 0 bridgehead atoms. The second-order valence-corrected chi connectivity index (χ2v) is 14.7. The number of nitrogens with zero attached hydrogens (tertiary/aromatic N) is 4. The van der Waals surface area contributed by atoms with Gasteiger partial charge < -0.3 is 29.5 Å². The second kappa shape index (κ2) is 14.1. The molecule has 4 aliphatic rings. The third kappa shape index (κ3) is 5.33. The van der Waals surface area contributed by atoms with Gasteiger partial charge in [-0.2, -0.15) is 0 Å². The average Bonchev–Trinajstić information content (AvgIpc) is 3.21. The Morgan fingerprint density at radius 3 is 1.30 bits per heavy atom. The Hall–Kier alpha value is -4.88. The zero-order valence-corrected chi connectivity index (χ0v) is 30.3. The first-order chi connectivity index (χ1) is 26.4. The van der Waals surface area contributed by atoms with Gasteiger partial charge in [-0.15, -0.1) is 0 Å². The van der Waals surface area contributed by atoms with Crippen molar-refractivity contribution < 1.29 is 38.9 Å². The molecule has 280 valence electrons. The smallest absolute Gasteiger partial charge is 0.261 e. The molecule has 0 saturated carbocycles. The van der Waals surface area contributed by atoms with Crippen molar-refractivity contribution in [2.75, 3.05) is 88.7 Å². The van der Waals surface area contributed by atoms with E-state index < -0.39 is 0 Å². The van der Waals surface area contributed by atoms with E-state index in [-0.39, 0.29) is 76.4 Å². The van der Waals surface area contributed by atoms with Crippen LogP contribution in [0.2, 0.25) is 0 Å². The van der Waals surface area contributed by atoms with Crippen LogP contribution in [-0.2, 0) is 9.47 Å². The van der Waals surface area contributed by atoms with Gasteiger partial charge in [-0.25, -0.2) is 0 Å². The van der Waals surface area contributed by atoms with Crippen LogP contribution in [0, 0.1) is 0 Å². The van der Waals surface area contributed by atoms with Gasteiger partial charge in [-0.05, 0) is 78.9 Å². The maximum Gasteiger partial charge on any atom is 0.261 e. The maximum atomic E-state index is 14.5. The first-order valence-corrected chi connectivity index (χ1v) is 19.3. The molecule has 12 heteroatoms. The number of hydrogen-bond donors (Lipinski definition) is 2. The second-order valence-electron chi connectivity index (χ2n) is 14.7. The molecule has 0 atom stereocenters. The number of carbonyl (C=O) groups excluding carboxylic acids is 4. The van der Waals surface area contributed by atoms with Crippen LogP contribution in [0.3, 0.4) is 0 Å². The number of fused-ring (bicyclic) bond motifs is 2. The fourth-order valence-corrected chi connectivity index (χ4v) is 9.34. The van der Waals surface area contributed by atoms with Gasteiger partial charge in [0, 0.05) is 75.6 Å². The van der Waals surface area contributed by atoms with E-state index in [4.69, 9.17) is 14.6 Å². The van der Waals surface area contributed by atoms with Gasteiger partial charge in [0.15, 0.2) is 0 Å². The van der Waals surface area contributed by atoms with Crippen molar-refractivity contribution in [3.63, 3.8) is 0 Å². The maximum absolute atomic E-state index is 14.5. The summed E-state index contributed by atoms with van der Waals surface area (Å²) in [5.41, 5.74) is 3.70. The van der Waals surface area contributed by atoms with Crippen LogP contribution in [0.25, 0.3) is 43.1 Å². The Morgan fingerprint density at radius 2 is 0.870 bits per heavy atom. The molecule has 5 aromatic carbocycles. The lowest BCUT2D eigenvalue weighted by Crippen LogP contribution is -2.43. The Bertz CT molecular complexity index is 2200. The normalized spacial score (nSPS) is 17.8. The van der Waals surface area contributed by atoms with E-state index >= 15 is 0 Å². The predicted molar refractivity (Wildman–Crippen MR) is 206 cm³/mol. The van der Waals surface area contributed by atoms with Gasteiger partial charge in [0.05, 0.1) is 63.9 Å². The third-order valence-electron chi connectivity index (χ3n) is 11.7. The first-order valence-electron chi connectivity index (χ1n) is 19.3. The summed E-state index contributed by atoms with van der Waals surface area (Å²) in [6.07, 6.45) is 6.27. The molecular weight excluding hydrogens is 688 g/mol. The predicted octanol–water partition coefficient (Wildman–Crippen LogP) is 4.93. The number of ether oxygens (including phenoxy) is 2. The van der Waals surface area contributed by atoms with Crippen molar-refractivity contribution in [3.8, 4) is 0 Å². The molecule has 0 spiro atoms. The first kappa shape index (κ1) is 34.9. The number of anilines is 2. The Morgan fingerprint density at radius 1 is 0.463 bits per heavy atom. The third-order valence-corrected chi connectivity index (χ3v) is 11.7. The number of amides is 4. The van der Waals surface area contributed by atoms with Crippen LogP contribution < -0.4 is 9.80 Å². The number of carbonyl (C=O) groups is 4. The molecule has 2 fully saturated rings. The Balaban J connectivity index is 1.36. The molecule has 4 amide bonds. The standard InChI is InChI=1S/C42H44N4O8/c47-17-21-53-19-15-45-39(49)27-9-7-25-33-26(8-10-28(34(27)33)40(45)50)37-32(44-13-5-2-6-14-44)24-30-35-29(41(51)46(42(30)52)16-20-54-22-18-48)23-31(36(25)38(35)37)43-11-3-1-4-12-43/h7-10,23-24,47-48H,1-6,11-22H2. The summed E-state index contributed by atoms with van der Waals surface area (Å²) in [4.78, 5) is 64.4. The van der Waals surface area contributed by atoms with E-state index in [0.717, 1.165) is 108 Å². The van der Waals surface area contributed by atoms with Crippen molar-refractivity contribution in [2.45, 2.75) is 38.5 Å². The van der Waals surface area contributed by atoms with E-state index in [2.05, 4.69) is 9.80 Å². The van der Waals surface area contributed by atoms with Gasteiger partial charge in [0.1, 0.15) is 0 Å². The monoisotopic (exact) mass is 732 g/mol. The van der Waals surface area contributed by atoms with Gasteiger partial charge in [-0.3, -0.25) is 29.0 Å². The average molecular weight is 733 g/mol. The number of aliphatic hydroxyl groups excluding tert-OH is 2. The molecule has 54 heavy (non-hydrogen) atoms. The Labute approximate surface area is 312 Å². The fourth-order valence-electron chi connectivity index (χ4n) is 9.34. The van der Waals surface area contributed by atoms with Crippen molar-refractivity contribution in [1.29, 1.82) is 0 Å². The lowest BCUT2D eigenvalue weighted by Gasteiger charge is -2.37. The highest BCUT2D eigenvalue weighted by Crippen LogP contribution is 2.52. The van der Waals surface area contributed by atoms with Crippen molar-refractivity contribution in [1.82, 2.24) is 9.80 Å². The SMILES string of the molecule is O=C1c2ccc3c4c(N5CCCCC5)cc5c6c(cc(N7CCCCC7)c(c7ccc(c2c37)C(=O)N1CCOCCO)c64)C(=O)N(CCOCCO)C5=O. The quantitative estimate of drug-likeness (QED) is 0.0786. The number of benzene rings is 5. The largest absolute Gasteiger partial charge is 0.394 e. The summed E-state index contributed by atoms with van der Waals surface area (Å²) in [7, 11) is 0. The van der Waals surface area contributed by atoms with Gasteiger partial charge >= 0.3 is 0 Å². The highest BCUT2D eigenvalue weighted by Gasteiger charge is 2.39. The Kier molecular flexibility index (Phi) is 9.09. The van der Waals surface area contributed by atoms with E-state index in [1.807, 2.05) is 36.4 Å². The summed E-state index contributed by atoms with van der Waals surface area (Å²) < 4.78 is 11.0. The van der Waals surface area contributed by atoms with E-state index in [0.29, 0.717) is 33.0 Å². The zero-order valence-electron chi connectivity index (χ0n) is 30.3. The van der Waals surface area contributed by atoms with Crippen molar-refractivity contribution >= 4 is 78.1 Å². The van der Waals surface area contributed by atoms with Gasteiger partial charge in [0.25, 0.3) is 23.6 Å². The van der Waals surface area contributed by atoms with Crippen molar-refractivity contribution in [2.24, 2.45) is 0 Å². The number of hydrogen-bond acceptors (Lipinski definition) is 10. The van der Waals surface area contributed by atoms with Crippen LogP contribution in [0.15, 0.2) is 36.4 Å².